The molecule has 1 aromatic heterocycles. The van der Waals surface area contributed by atoms with E-state index in [0.29, 0.717) is 34.8 Å². The van der Waals surface area contributed by atoms with Gasteiger partial charge >= 0.3 is 6.36 Å². The summed E-state index contributed by atoms with van der Waals surface area (Å²) >= 11 is 0. The molecule has 2 atom stereocenters. The van der Waals surface area contributed by atoms with Crippen molar-refractivity contribution in [2.24, 2.45) is 28.9 Å². The van der Waals surface area contributed by atoms with Crippen molar-refractivity contribution in [3.05, 3.63) is 41.6 Å². The summed E-state index contributed by atoms with van der Waals surface area (Å²) < 4.78 is 42.1. The lowest BCUT2D eigenvalue weighted by atomic mass is 9.48. The fourth-order valence-electron chi connectivity index (χ4n) is 6.45. The zero-order valence-corrected chi connectivity index (χ0v) is 18.6. The zero-order valence-electron chi connectivity index (χ0n) is 18.6. The van der Waals surface area contributed by atoms with Crippen molar-refractivity contribution in [3.8, 4) is 11.8 Å². The lowest BCUT2D eigenvalue weighted by Crippen LogP contribution is -2.58. The fraction of sp³-hybridized carbons (Fsp3) is 0.542. The monoisotopic (exact) mass is 472 g/mol. The molecule has 4 aliphatic rings. The van der Waals surface area contributed by atoms with E-state index in [0.717, 1.165) is 25.3 Å². The molecule has 4 fully saturated rings. The first-order chi connectivity index (χ1) is 16.2. The number of nitrogens with zero attached hydrogens (tertiary/aromatic N) is 3. The summed E-state index contributed by atoms with van der Waals surface area (Å²) in [5, 5.41) is 15.9. The van der Waals surface area contributed by atoms with Crippen molar-refractivity contribution in [1.29, 1.82) is 5.26 Å². The summed E-state index contributed by atoms with van der Waals surface area (Å²) in [6.07, 6.45) is 2.47. The second-order valence-electron chi connectivity index (χ2n) is 9.98. The van der Waals surface area contributed by atoms with E-state index in [9.17, 15) is 18.4 Å². The average Bonchev–Trinajstić information content (AvgIpc) is 2.79. The number of aromatic nitrogens is 2. The van der Waals surface area contributed by atoms with E-state index in [2.05, 4.69) is 31.4 Å². The standard InChI is InChI=1S/C24H27F3N6O/c25-24(26,27)34-19-4-2-1-3-15(19)11-30-22-31-12-18(10-28)21(33-22)32-13-23-7-14-5-16(8-23)20(29)17(6-14)9-23/h1-4,12,14,16-17,20H,5-9,11,13,29H2,(H2,30,31,32,33). The van der Waals surface area contributed by atoms with Gasteiger partial charge in [-0.25, -0.2) is 4.98 Å². The molecule has 2 aromatic rings. The second kappa shape index (κ2) is 8.62. The molecule has 1 aromatic carbocycles. The third-order valence-corrected chi connectivity index (χ3v) is 7.65. The molecule has 6 rings (SSSR count). The van der Waals surface area contributed by atoms with Gasteiger partial charge in [-0.3, -0.25) is 0 Å². The summed E-state index contributed by atoms with van der Waals surface area (Å²) in [6, 6.07) is 8.32. The molecular formula is C24H27F3N6O. The van der Waals surface area contributed by atoms with Crippen molar-refractivity contribution < 1.29 is 17.9 Å². The van der Waals surface area contributed by atoms with E-state index < -0.39 is 6.36 Å². The Balaban J connectivity index is 1.28. The van der Waals surface area contributed by atoms with Crippen LogP contribution < -0.4 is 21.1 Å². The number of nitrogens with two attached hydrogens (primary N) is 1. The highest BCUT2D eigenvalue weighted by molar-refractivity contribution is 5.53. The molecule has 1 heterocycles. The van der Waals surface area contributed by atoms with E-state index in [4.69, 9.17) is 5.73 Å². The Hall–Kier alpha value is -3.06. The Morgan fingerprint density at radius 2 is 1.88 bits per heavy atom. The summed E-state index contributed by atoms with van der Waals surface area (Å²) in [4.78, 5) is 8.60. The highest BCUT2D eigenvalue weighted by Crippen LogP contribution is 2.59. The molecule has 0 aliphatic heterocycles. The molecule has 2 unspecified atom stereocenters. The quantitative estimate of drug-likeness (QED) is 0.547. The minimum absolute atomic E-state index is 0.0322. The van der Waals surface area contributed by atoms with Crippen molar-refractivity contribution >= 4 is 11.8 Å². The summed E-state index contributed by atoms with van der Waals surface area (Å²) in [5.74, 6) is 2.25. The first kappa shape index (κ1) is 22.7. The minimum atomic E-state index is -4.78. The predicted molar refractivity (Wildman–Crippen MR) is 120 cm³/mol. The third kappa shape index (κ3) is 4.62. The number of hydrogen-bond acceptors (Lipinski definition) is 7. The molecule has 0 spiro atoms. The van der Waals surface area contributed by atoms with Gasteiger partial charge in [-0.05, 0) is 61.3 Å². The minimum Gasteiger partial charge on any atom is -0.405 e. The summed E-state index contributed by atoms with van der Waals surface area (Å²) in [6.45, 7) is 0.751. The summed E-state index contributed by atoms with van der Waals surface area (Å²) in [5.41, 5.74) is 7.27. The van der Waals surface area contributed by atoms with Crippen LogP contribution in [-0.2, 0) is 6.54 Å². The van der Waals surface area contributed by atoms with Gasteiger partial charge in [0, 0.05) is 24.7 Å². The van der Waals surface area contributed by atoms with Gasteiger partial charge in [0.25, 0.3) is 0 Å². The van der Waals surface area contributed by atoms with E-state index >= 15 is 0 Å². The fourth-order valence-corrected chi connectivity index (χ4v) is 6.45. The van der Waals surface area contributed by atoms with Gasteiger partial charge in [-0.15, -0.1) is 13.2 Å². The maximum atomic E-state index is 12.7. The topological polar surface area (TPSA) is 109 Å². The number of halogens is 3. The van der Waals surface area contributed by atoms with Crippen LogP contribution in [0.1, 0.15) is 43.2 Å². The highest BCUT2D eigenvalue weighted by atomic mass is 19.4. The summed E-state index contributed by atoms with van der Waals surface area (Å²) in [7, 11) is 0. The van der Waals surface area contributed by atoms with Crippen LogP contribution in [0.2, 0.25) is 0 Å². The Labute approximate surface area is 195 Å². The number of alkyl halides is 3. The molecule has 34 heavy (non-hydrogen) atoms. The molecule has 10 heteroatoms. The number of para-hydroxylation sites is 1. The van der Waals surface area contributed by atoms with Crippen molar-refractivity contribution in [1.82, 2.24) is 9.97 Å². The first-order valence-electron chi connectivity index (χ1n) is 11.6. The number of hydrogen-bond donors (Lipinski definition) is 3. The molecule has 0 radical (unpaired) electrons. The molecular weight excluding hydrogens is 445 g/mol. The van der Waals surface area contributed by atoms with E-state index in [-0.39, 0.29) is 23.7 Å². The second-order valence-corrected chi connectivity index (χ2v) is 9.98. The Bertz CT molecular complexity index is 1080. The number of ether oxygens (including phenoxy) is 1. The van der Waals surface area contributed by atoms with E-state index in [1.165, 1.54) is 43.7 Å². The van der Waals surface area contributed by atoms with Crippen LogP contribution in [0.3, 0.4) is 0 Å². The maximum Gasteiger partial charge on any atom is 0.573 e. The first-order valence-corrected chi connectivity index (χ1v) is 11.6. The number of rotatable bonds is 7. The number of benzene rings is 1. The molecule has 180 valence electrons. The van der Waals surface area contributed by atoms with Crippen LogP contribution in [0.15, 0.2) is 30.5 Å². The molecule has 4 bridgehead atoms. The third-order valence-electron chi connectivity index (χ3n) is 7.65. The number of nitrogens with one attached hydrogen (secondary N) is 2. The molecule has 4 saturated carbocycles. The predicted octanol–water partition coefficient (Wildman–Crippen LogP) is 4.42. The van der Waals surface area contributed by atoms with Crippen LogP contribution in [0.4, 0.5) is 24.9 Å². The van der Waals surface area contributed by atoms with Crippen molar-refractivity contribution in [2.45, 2.75) is 51.1 Å². The Morgan fingerprint density at radius 1 is 1.15 bits per heavy atom. The van der Waals surface area contributed by atoms with Crippen LogP contribution in [0.25, 0.3) is 0 Å². The van der Waals surface area contributed by atoms with Crippen LogP contribution in [-0.4, -0.2) is 28.9 Å². The van der Waals surface area contributed by atoms with E-state index in [1.54, 1.807) is 6.07 Å². The number of nitriles is 1. The molecule has 4 aliphatic carbocycles. The van der Waals surface area contributed by atoms with Gasteiger partial charge < -0.3 is 21.1 Å². The van der Waals surface area contributed by atoms with Crippen LogP contribution in [0, 0.1) is 34.5 Å². The van der Waals surface area contributed by atoms with Gasteiger partial charge in [-0.2, -0.15) is 10.2 Å². The largest absolute Gasteiger partial charge is 0.573 e. The Kier molecular flexibility index (Phi) is 5.76. The lowest BCUT2D eigenvalue weighted by molar-refractivity contribution is -0.274. The molecule has 7 nitrogen and oxygen atoms in total. The molecule has 0 saturated heterocycles. The van der Waals surface area contributed by atoms with E-state index in [1.807, 2.05) is 0 Å². The SMILES string of the molecule is N#Cc1cnc(NCc2ccccc2OC(F)(F)F)nc1NCC12CC3CC(C1)C(N)C(C3)C2. The van der Waals surface area contributed by atoms with Gasteiger partial charge in [0.1, 0.15) is 23.2 Å². The van der Waals surface area contributed by atoms with Crippen LogP contribution >= 0.6 is 0 Å². The number of anilines is 2. The smallest absolute Gasteiger partial charge is 0.405 e. The van der Waals surface area contributed by atoms with Crippen LogP contribution in [0.5, 0.6) is 5.75 Å². The van der Waals surface area contributed by atoms with Gasteiger partial charge in [0.15, 0.2) is 0 Å². The highest BCUT2D eigenvalue weighted by Gasteiger charge is 2.54. The van der Waals surface area contributed by atoms with Crippen molar-refractivity contribution in [3.63, 3.8) is 0 Å². The molecule has 4 N–H and O–H groups in total. The average molecular weight is 473 g/mol. The zero-order chi connectivity index (χ0) is 23.9. The van der Waals surface area contributed by atoms with Gasteiger partial charge in [0.2, 0.25) is 5.95 Å². The maximum absolute atomic E-state index is 12.7. The normalized spacial score (nSPS) is 29.5. The van der Waals surface area contributed by atoms with Crippen molar-refractivity contribution in [2.75, 3.05) is 17.2 Å². The molecule has 0 amide bonds. The van der Waals surface area contributed by atoms with Gasteiger partial charge in [0.05, 0.1) is 6.20 Å². The van der Waals surface area contributed by atoms with Gasteiger partial charge in [-0.1, -0.05) is 18.2 Å². The Morgan fingerprint density at radius 3 is 2.59 bits per heavy atom. The lowest BCUT2D eigenvalue weighted by Gasteiger charge is -2.59.